The van der Waals surface area contributed by atoms with Crippen molar-refractivity contribution in [1.82, 2.24) is 15.2 Å². The van der Waals surface area contributed by atoms with Crippen LogP contribution < -0.4 is 10.1 Å². The highest BCUT2D eigenvalue weighted by Crippen LogP contribution is 2.12. The van der Waals surface area contributed by atoms with E-state index in [1.54, 1.807) is 0 Å². The second-order valence-corrected chi connectivity index (χ2v) is 3.69. The number of hydrogen-bond donors (Lipinski definition) is 2. The SMILES string of the molecule is COc1n[nH]c(NC(=O)C(C)C(C)C)n1. The summed E-state index contributed by atoms with van der Waals surface area (Å²) >= 11 is 0. The van der Waals surface area contributed by atoms with E-state index in [1.807, 2.05) is 20.8 Å². The van der Waals surface area contributed by atoms with E-state index in [9.17, 15) is 4.79 Å². The van der Waals surface area contributed by atoms with E-state index in [1.165, 1.54) is 7.11 Å². The van der Waals surface area contributed by atoms with Gasteiger partial charge in [0.25, 0.3) is 0 Å². The molecule has 2 N–H and O–H groups in total. The van der Waals surface area contributed by atoms with Crippen LogP contribution in [-0.4, -0.2) is 28.2 Å². The number of carbonyl (C=O) groups is 1. The third-order valence-electron chi connectivity index (χ3n) is 2.30. The van der Waals surface area contributed by atoms with Crippen molar-refractivity contribution in [1.29, 1.82) is 0 Å². The minimum atomic E-state index is -0.0798. The highest BCUT2D eigenvalue weighted by atomic mass is 16.5. The fraction of sp³-hybridized carbons (Fsp3) is 0.667. The number of carbonyl (C=O) groups excluding carboxylic acids is 1. The molecule has 0 aliphatic rings. The van der Waals surface area contributed by atoms with Gasteiger partial charge in [-0.1, -0.05) is 20.8 Å². The molecule has 0 aromatic carbocycles. The van der Waals surface area contributed by atoms with E-state index in [2.05, 4.69) is 20.5 Å². The van der Waals surface area contributed by atoms with Crippen LogP contribution in [0.25, 0.3) is 0 Å². The molecule has 1 aromatic rings. The van der Waals surface area contributed by atoms with Gasteiger partial charge in [-0.15, -0.1) is 5.10 Å². The minimum absolute atomic E-state index is 0.0684. The van der Waals surface area contributed by atoms with Gasteiger partial charge in [-0.2, -0.15) is 4.98 Å². The Hall–Kier alpha value is -1.59. The lowest BCUT2D eigenvalue weighted by Crippen LogP contribution is -2.24. The molecule has 0 radical (unpaired) electrons. The fourth-order valence-electron chi connectivity index (χ4n) is 0.927. The monoisotopic (exact) mass is 212 g/mol. The number of rotatable bonds is 4. The maximum atomic E-state index is 11.6. The summed E-state index contributed by atoms with van der Waals surface area (Å²) in [6, 6.07) is 0.211. The van der Waals surface area contributed by atoms with Crippen molar-refractivity contribution in [3.05, 3.63) is 0 Å². The van der Waals surface area contributed by atoms with Crippen LogP contribution in [0.15, 0.2) is 0 Å². The summed E-state index contributed by atoms with van der Waals surface area (Å²) in [6.07, 6.45) is 0. The van der Waals surface area contributed by atoms with Crippen molar-refractivity contribution in [3.8, 4) is 6.01 Å². The van der Waals surface area contributed by atoms with E-state index in [0.717, 1.165) is 0 Å². The van der Waals surface area contributed by atoms with E-state index in [0.29, 0.717) is 5.95 Å². The largest absolute Gasteiger partial charge is 0.466 e. The average Bonchev–Trinajstić information content (AvgIpc) is 2.64. The van der Waals surface area contributed by atoms with Crippen molar-refractivity contribution in [2.75, 3.05) is 12.4 Å². The lowest BCUT2D eigenvalue weighted by Gasteiger charge is -2.13. The van der Waals surface area contributed by atoms with Crippen LogP contribution in [0, 0.1) is 11.8 Å². The van der Waals surface area contributed by atoms with Crippen LogP contribution in [0.1, 0.15) is 20.8 Å². The Morgan fingerprint density at radius 3 is 2.60 bits per heavy atom. The summed E-state index contributed by atoms with van der Waals surface area (Å²) in [5.74, 6) is 0.448. The quantitative estimate of drug-likeness (QED) is 0.781. The Bertz CT molecular complexity index is 335. The molecule has 0 aliphatic carbocycles. The number of amides is 1. The molecule has 0 bridgehead atoms. The molecule has 0 spiro atoms. The fourth-order valence-corrected chi connectivity index (χ4v) is 0.927. The third kappa shape index (κ3) is 2.93. The van der Waals surface area contributed by atoms with E-state index >= 15 is 0 Å². The zero-order valence-corrected chi connectivity index (χ0v) is 9.37. The summed E-state index contributed by atoms with van der Waals surface area (Å²) in [6.45, 7) is 5.85. The summed E-state index contributed by atoms with van der Waals surface area (Å²) in [5, 5.41) is 8.91. The van der Waals surface area contributed by atoms with Gasteiger partial charge in [-0.25, -0.2) is 5.10 Å². The van der Waals surface area contributed by atoms with Crippen LogP contribution in [0.3, 0.4) is 0 Å². The summed E-state index contributed by atoms with van der Waals surface area (Å²) in [4.78, 5) is 15.5. The Morgan fingerprint density at radius 2 is 2.13 bits per heavy atom. The standard InChI is InChI=1S/C9H16N4O2/c1-5(2)6(3)7(14)10-8-11-9(15-4)13-12-8/h5-6H,1-4H3,(H2,10,11,12,13,14). The molecule has 1 rings (SSSR count). The van der Waals surface area contributed by atoms with Gasteiger partial charge in [0.05, 0.1) is 7.11 Å². The molecule has 6 nitrogen and oxygen atoms in total. The van der Waals surface area contributed by atoms with E-state index < -0.39 is 0 Å². The summed E-state index contributed by atoms with van der Waals surface area (Å²) in [5.41, 5.74) is 0. The molecule has 0 saturated heterocycles. The predicted molar refractivity (Wildman–Crippen MR) is 55.6 cm³/mol. The van der Waals surface area contributed by atoms with Gasteiger partial charge >= 0.3 is 6.01 Å². The van der Waals surface area contributed by atoms with Gasteiger partial charge < -0.3 is 4.74 Å². The first-order valence-electron chi connectivity index (χ1n) is 4.81. The molecule has 1 unspecified atom stereocenters. The van der Waals surface area contributed by atoms with Gasteiger partial charge in [0.2, 0.25) is 11.9 Å². The Labute approximate surface area is 88.4 Å². The molecule has 84 valence electrons. The Balaban J connectivity index is 2.58. The Kier molecular flexibility index (Phi) is 3.65. The number of nitrogens with zero attached hydrogens (tertiary/aromatic N) is 2. The van der Waals surface area contributed by atoms with Crippen molar-refractivity contribution in [2.24, 2.45) is 11.8 Å². The normalized spacial score (nSPS) is 12.6. The summed E-state index contributed by atoms with van der Waals surface area (Å²) in [7, 11) is 1.46. The lowest BCUT2D eigenvalue weighted by molar-refractivity contribution is -0.120. The first kappa shape index (κ1) is 11.5. The van der Waals surface area contributed by atoms with Gasteiger partial charge in [-0.3, -0.25) is 10.1 Å². The number of H-pyrrole nitrogens is 1. The first-order valence-corrected chi connectivity index (χ1v) is 4.81. The Morgan fingerprint density at radius 1 is 1.47 bits per heavy atom. The molecule has 0 saturated carbocycles. The number of methoxy groups -OCH3 is 1. The molecule has 15 heavy (non-hydrogen) atoms. The highest BCUT2D eigenvalue weighted by Gasteiger charge is 2.17. The number of nitrogens with one attached hydrogen (secondary N) is 2. The maximum absolute atomic E-state index is 11.6. The van der Waals surface area contributed by atoms with Crippen LogP contribution in [-0.2, 0) is 4.79 Å². The van der Waals surface area contributed by atoms with Gasteiger partial charge in [0.1, 0.15) is 0 Å². The molecular formula is C9H16N4O2. The number of aromatic nitrogens is 3. The van der Waals surface area contributed by atoms with Gasteiger partial charge in [0, 0.05) is 5.92 Å². The highest BCUT2D eigenvalue weighted by molar-refractivity contribution is 5.90. The number of anilines is 1. The molecule has 1 amide bonds. The third-order valence-corrected chi connectivity index (χ3v) is 2.30. The zero-order chi connectivity index (χ0) is 11.4. The molecule has 1 aromatic heterocycles. The molecule has 6 heteroatoms. The van der Waals surface area contributed by atoms with Crippen LogP contribution in [0.4, 0.5) is 5.95 Å². The smallest absolute Gasteiger partial charge is 0.336 e. The molecule has 0 aliphatic heterocycles. The van der Waals surface area contributed by atoms with Crippen LogP contribution in [0.5, 0.6) is 6.01 Å². The van der Waals surface area contributed by atoms with Crippen molar-refractivity contribution >= 4 is 11.9 Å². The lowest BCUT2D eigenvalue weighted by atomic mass is 9.97. The molecular weight excluding hydrogens is 196 g/mol. The van der Waals surface area contributed by atoms with E-state index in [-0.39, 0.29) is 23.8 Å². The summed E-state index contributed by atoms with van der Waals surface area (Å²) < 4.78 is 4.78. The second-order valence-electron chi connectivity index (χ2n) is 3.69. The van der Waals surface area contributed by atoms with Crippen LogP contribution in [0.2, 0.25) is 0 Å². The van der Waals surface area contributed by atoms with Crippen molar-refractivity contribution in [2.45, 2.75) is 20.8 Å². The number of ether oxygens (including phenoxy) is 1. The van der Waals surface area contributed by atoms with E-state index in [4.69, 9.17) is 4.74 Å². The molecule has 1 atom stereocenters. The number of aromatic amines is 1. The van der Waals surface area contributed by atoms with Crippen molar-refractivity contribution < 1.29 is 9.53 Å². The number of hydrogen-bond acceptors (Lipinski definition) is 4. The average molecular weight is 212 g/mol. The van der Waals surface area contributed by atoms with Crippen LogP contribution >= 0.6 is 0 Å². The molecule has 1 heterocycles. The zero-order valence-electron chi connectivity index (χ0n) is 9.37. The van der Waals surface area contributed by atoms with Gasteiger partial charge in [-0.05, 0) is 5.92 Å². The topological polar surface area (TPSA) is 79.9 Å². The minimum Gasteiger partial charge on any atom is -0.466 e. The van der Waals surface area contributed by atoms with Crippen molar-refractivity contribution in [3.63, 3.8) is 0 Å². The first-order chi connectivity index (χ1) is 7.04. The second kappa shape index (κ2) is 4.77. The van der Waals surface area contributed by atoms with Gasteiger partial charge in [0.15, 0.2) is 0 Å². The predicted octanol–water partition coefficient (Wildman–Crippen LogP) is 1.04. The maximum Gasteiger partial charge on any atom is 0.336 e. The molecule has 0 fully saturated rings.